The van der Waals surface area contributed by atoms with Gasteiger partial charge in [0.15, 0.2) is 11.5 Å². The van der Waals surface area contributed by atoms with Crippen molar-refractivity contribution in [2.75, 3.05) is 14.2 Å². The smallest absolute Gasteiger partial charge is 0.407 e. The molecule has 0 saturated heterocycles. The van der Waals surface area contributed by atoms with Gasteiger partial charge in [0.25, 0.3) is 24.2 Å². The molecule has 0 saturated carbocycles. The Kier molecular flexibility index (Phi) is 13.0. The molecule has 269 valence electrons. The van der Waals surface area contributed by atoms with Gasteiger partial charge < -0.3 is 33.6 Å². The molecule has 4 aromatic rings. The molecule has 5 rings (SSSR count). The molecule has 0 bridgehead atoms. The zero-order valence-electron chi connectivity index (χ0n) is 28.3. The number of halogens is 1. The molecule has 1 aliphatic heterocycles. The highest BCUT2D eigenvalue weighted by molar-refractivity contribution is 6.35. The summed E-state index contributed by atoms with van der Waals surface area (Å²) in [6, 6.07) is 20.1. The van der Waals surface area contributed by atoms with Crippen LogP contribution >= 0.6 is 11.6 Å². The Balaban J connectivity index is 1.37. The van der Waals surface area contributed by atoms with Crippen LogP contribution in [0.1, 0.15) is 48.6 Å². The molecule has 1 heterocycles. The number of methoxy groups -OCH3 is 2. The van der Waals surface area contributed by atoms with E-state index in [-0.39, 0.29) is 52.9 Å². The number of ether oxygens (including phenoxy) is 4. The lowest BCUT2D eigenvalue weighted by molar-refractivity contribution is -0.140. The molecule has 4 aromatic carbocycles. The molecule has 0 aliphatic carbocycles. The Morgan fingerprint density at radius 3 is 1.94 bits per heavy atom. The Morgan fingerprint density at radius 2 is 1.42 bits per heavy atom. The van der Waals surface area contributed by atoms with E-state index in [0.29, 0.717) is 16.6 Å². The number of fused-ring (bicyclic) bond motifs is 1. The summed E-state index contributed by atoms with van der Waals surface area (Å²) in [5.41, 5.74) is 1.58. The van der Waals surface area contributed by atoms with Gasteiger partial charge in [0.2, 0.25) is 0 Å². The van der Waals surface area contributed by atoms with Crippen molar-refractivity contribution >= 4 is 57.3 Å². The minimum atomic E-state index is -1.58. The van der Waals surface area contributed by atoms with Gasteiger partial charge in [-0.3, -0.25) is 28.8 Å². The molecule has 0 spiro atoms. The van der Waals surface area contributed by atoms with E-state index in [2.05, 4.69) is 9.97 Å². The molecule has 3 amide bonds. The molecule has 14 nitrogen and oxygen atoms in total. The fourth-order valence-electron chi connectivity index (χ4n) is 5.13. The van der Waals surface area contributed by atoms with Crippen molar-refractivity contribution in [3.8, 4) is 23.0 Å². The van der Waals surface area contributed by atoms with Crippen LogP contribution in [0.2, 0.25) is 5.02 Å². The van der Waals surface area contributed by atoms with Crippen molar-refractivity contribution in [3.05, 3.63) is 118 Å². The number of nitrogens with zero attached hydrogens (tertiary/aromatic N) is 1. The number of hydrogen-bond donors (Lipinski definition) is 1. The van der Waals surface area contributed by atoms with Crippen molar-refractivity contribution < 1.29 is 57.1 Å². The fourth-order valence-corrected chi connectivity index (χ4v) is 5.42. The number of imide groups is 1. The van der Waals surface area contributed by atoms with Gasteiger partial charge in [-0.1, -0.05) is 48.0 Å². The van der Waals surface area contributed by atoms with E-state index in [1.807, 2.05) is 12.1 Å². The second-order valence-corrected chi connectivity index (χ2v) is 11.6. The lowest BCUT2D eigenvalue weighted by Gasteiger charge is -2.25. The standard InChI is InChI=1S/C36H30B2ClN2O12/c1-47-23-11-7-21(8-12-23)18-49-29-16-15-27(31(39)32(29)50-19-22-9-13-24(48-2)14-10-22)33(43)40-28(36(46)52-37)17-30(38-51-20-42)53-41-34(44)25-5-3-4-6-26(25)35(41)45/h3-16,20,28,30H,17-19H2,1-2H3,(H,40,43)/t28-,30-/m0/s1. The SMILES string of the molecule is [B]OC(=O)[C@H](C[C@@H]([B]OC=O)ON1C(=O)c2ccccc2C1=O)NC(=O)c1ccc(OCc2ccc(OC)cc2)c(OCc2ccc(OC)cc2)c1Cl. The number of rotatable bonds is 18. The van der Waals surface area contributed by atoms with Crippen LogP contribution in [0.4, 0.5) is 0 Å². The summed E-state index contributed by atoms with van der Waals surface area (Å²) < 4.78 is 31.7. The van der Waals surface area contributed by atoms with Gasteiger partial charge in [0.1, 0.15) is 36.8 Å². The Bertz CT molecular complexity index is 1930. The van der Waals surface area contributed by atoms with Gasteiger partial charge in [-0.15, -0.1) is 5.06 Å². The number of hydroxylamine groups is 2. The van der Waals surface area contributed by atoms with Crippen molar-refractivity contribution in [2.45, 2.75) is 31.7 Å². The molecule has 3 radical (unpaired) electrons. The number of nitrogens with one attached hydrogen (secondary N) is 1. The first kappa shape index (κ1) is 38.2. The second-order valence-electron chi connectivity index (χ2n) is 11.2. The van der Waals surface area contributed by atoms with E-state index in [1.165, 1.54) is 24.3 Å². The molecule has 1 aliphatic rings. The number of benzene rings is 4. The maximum absolute atomic E-state index is 13.7. The summed E-state index contributed by atoms with van der Waals surface area (Å²) in [4.78, 5) is 68.9. The van der Waals surface area contributed by atoms with E-state index in [9.17, 15) is 24.0 Å². The predicted octanol–water partition coefficient (Wildman–Crippen LogP) is 3.98. The van der Waals surface area contributed by atoms with E-state index in [1.54, 1.807) is 62.8 Å². The molecule has 17 heteroatoms. The second kappa shape index (κ2) is 18.0. The summed E-state index contributed by atoms with van der Waals surface area (Å²) in [5, 5.41) is 2.77. The Morgan fingerprint density at radius 1 is 0.849 bits per heavy atom. The summed E-state index contributed by atoms with van der Waals surface area (Å²) in [7, 11) is 9.11. The average Bonchev–Trinajstić information content (AvgIpc) is 3.42. The molecule has 0 unspecified atom stereocenters. The van der Waals surface area contributed by atoms with Crippen LogP contribution in [0, 0.1) is 0 Å². The first-order chi connectivity index (χ1) is 25.7. The van der Waals surface area contributed by atoms with Gasteiger partial charge in [-0.05, 0) is 59.7 Å². The first-order valence-corrected chi connectivity index (χ1v) is 16.2. The number of carbonyl (C=O) groups excluding carboxylic acids is 5. The van der Waals surface area contributed by atoms with Crippen LogP contribution < -0.4 is 24.3 Å². The molecular formula is C36H30B2ClN2O12. The molecule has 0 fully saturated rings. The zero-order chi connectivity index (χ0) is 37.9. The van der Waals surface area contributed by atoms with Crippen molar-refractivity contribution in [1.29, 1.82) is 0 Å². The van der Waals surface area contributed by atoms with Crippen LogP contribution in [0.5, 0.6) is 23.0 Å². The molecular weight excluding hydrogens is 709 g/mol. The van der Waals surface area contributed by atoms with Crippen molar-refractivity contribution in [1.82, 2.24) is 10.4 Å². The minimum absolute atomic E-state index is 0.0270. The number of hydrogen-bond acceptors (Lipinski definition) is 12. The molecule has 0 aromatic heterocycles. The number of carbonyl (C=O) groups is 5. The zero-order valence-corrected chi connectivity index (χ0v) is 29.1. The fraction of sp³-hybridized carbons (Fsp3) is 0.194. The lowest BCUT2D eigenvalue weighted by atomic mass is 9.85. The Hall–Kier alpha value is -5.99. The van der Waals surface area contributed by atoms with Gasteiger partial charge in [-0.2, -0.15) is 0 Å². The highest BCUT2D eigenvalue weighted by atomic mass is 35.5. The van der Waals surface area contributed by atoms with Crippen LogP contribution in [0.3, 0.4) is 0 Å². The van der Waals surface area contributed by atoms with Gasteiger partial charge in [0, 0.05) is 6.42 Å². The molecule has 53 heavy (non-hydrogen) atoms. The maximum atomic E-state index is 13.7. The highest BCUT2D eigenvalue weighted by Gasteiger charge is 2.40. The van der Waals surface area contributed by atoms with Crippen LogP contribution in [0.25, 0.3) is 0 Å². The Labute approximate surface area is 310 Å². The van der Waals surface area contributed by atoms with Crippen LogP contribution in [-0.2, 0) is 36.9 Å². The van der Waals surface area contributed by atoms with E-state index in [0.717, 1.165) is 18.6 Å². The molecule has 1 N–H and O–H groups in total. The summed E-state index contributed by atoms with van der Waals surface area (Å²) in [6.45, 7) is 0.196. The van der Waals surface area contributed by atoms with E-state index >= 15 is 0 Å². The number of amides is 3. The third kappa shape index (κ3) is 9.28. The van der Waals surface area contributed by atoms with Crippen molar-refractivity contribution in [2.24, 2.45) is 0 Å². The lowest BCUT2D eigenvalue weighted by Crippen LogP contribution is -2.47. The predicted molar refractivity (Wildman–Crippen MR) is 189 cm³/mol. The average molecular weight is 740 g/mol. The van der Waals surface area contributed by atoms with Gasteiger partial charge in [-0.25, -0.2) is 0 Å². The van der Waals surface area contributed by atoms with Crippen LogP contribution in [-0.4, -0.2) is 77.0 Å². The minimum Gasteiger partial charge on any atom is -0.542 e. The maximum Gasteiger partial charge on any atom is 0.407 e. The topological polar surface area (TPSA) is 165 Å². The normalized spacial score (nSPS) is 12.9. The van der Waals surface area contributed by atoms with E-state index in [4.69, 9.17) is 48.1 Å². The summed E-state index contributed by atoms with van der Waals surface area (Å²) >= 11 is 6.79. The third-order valence-corrected chi connectivity index (χ3v) is 8.23. The first-order valence-electron chi connectivity index (χ1n) is 15.8. The highest BCUT2D eigenvalue weighted by Crippen LogP contribution is 2.39. The van der Waals surface area contributed by atoms with E-state index < -0.39 is 42.2 Å². The van der Waals surface area contributed by atoms with Crippen LogP contribution in [0.15, 0.2) is 84.9 Å². The summed E-state index contributed by atoms with van der Waals surface area (Å²) in [6.07, 6.45) is -0.523. The van der Waals surface area contributed by atoms with Gasteiger partial charge in [0.05, 0.1) is 35.9 Å². The summed E-state index contributed by atoms with van der Waals surface area (Å²) in [5.74, 6) is -2.04. The molecule has 2 atom stereocenters. The van der Waals surface area contributed by atoms with Crippen molar-refractivity contribution in [3.63, 3.8) is 0 Å². The largest absolute Gasteiger partial charge is 0.542 e. The monoisotopic (exact) mass is 739 g/mol. The third-order valence-electron chi connectivity index (χ3n) is 7.86. The quantitative estimate of drug-likeness (QED) is 0.0888. The van der Waals surface area contributed by atoms with Gasteiger partial charge >= 0.3 is 21.5 Å².